The van der Waals surface area contributed by atoms with Gasteiger partial charge in [-0.05, 0) is 28.3 Å². The molecule has 0 saturated heterocycles. The van der Waals surface area contributed by atoms with Crippen LogP contribution in [-0.4, -0.2) is 0 Å². The van der Waals surface area contributed by atoms with Crippen LogP contribution < -0.4 is 0 Å². The van der Waals surface area contributed by atoms with Gasteiger partial charge in [0.05, 0.1) is 0 Å². The Kier molecular flexibility index (Phi) is 5.66. The van der Waals surface area contributed by atoms with Crippen molar-refractivity contribution in [2.45, 2.75) is 13.8 Å². The molecule has 2 aromatic carbocycles. The predicted octanol–water partition coefficient (Wildman–Crippen LogP) is 5.58. The first kappa shape index (κ1) is 14.0. The Hall–Kier alpha value is -2.08. The second-order valence-corrected chi connectivity index (χ2v) is 3.68. The molecular formula is C18H20. The molecule has 0 aliphatic rings. The molecule has 0 N–H and O–H groups in total. The SMILES string of the molecule is C=CC(=C)c1cccc(-c2ccccc2)c1.CC. The van der Waals surface area contributed by atoms with E-state index in [2.05, 4.69) is 43.5 Å². The molecule has 0 aliphatic heterocycles. The smallest absolute Gasteiger partial charge is 0.0178 e. The molecule has 2 rings (SSSR count). The van der Waals surface area contributed by atoms with Crippen LogP contribution in [0, 0.1) is 0 Å². The average molecular weight is 236 g/mol. The summed E-state index contributed by atoms with van der Waals surface area (Å²) >= 11 is 0. The molecule has 0 heteroatoms. The Morgan fingerprint density at radius 1 is 0.889 bits per heavy atom. The zero-order valence-corrected chi connectivity index (χ0v) is 11.2. The molecule has 0 bridgehead atoms. The van der Waals surface area contributed by atoms with Crippen LogP contribution in [0.3, 0.4) is 0 Å². The summed E-state index contributed by atoms with van der Waals surface area (Å²) in [5.41, 5.74) is 4.51. The molecule has 2 aromatic rings. The van der Waals surface area contributed by atoms with Crippen LogP contribution in [0.1, 0.15) is 19.4 Å². The molecule has 0 aromatic heterocycles. The summed E-state index contributed by atoms with van der Waals surface area (Å²) in [7, 11) is 0. The highest BCUT2D eigenvalue weighted by Gasteiger charge is 1.99. The standard InChI is InChI=1S/C16H14.C2H6/c1-3-13(2)15-10-7-11-16(12-15)14-8-5-4-6-9-14;1-2/h3-12H,1-2H2;1-2H3. The van der Waals surface area contributed by atoms with E-state index in [9.17, 15) is 0 Å². The van der Waals surface area contributed by atoms with E-state index in [4.69, 9.17) is 0 Å². The molecule has 0 spiro atoms. The van der Waals surface area contributed by atoms with Crippen molar-refractivity contribution in [3.63, 3.8) is 0 Å². The molecule has 0 radical (unpaired) electrons. The van der Waals surface area contributed by atoms with Gasteiger partial charge in [-0.3, -0.25) is 0 Å². The number of benzene rings is 2. The first-order chi connectivity index (χ1) is 8.81. The molecule has 0 unspecified atom stereocenters. The van der Waals surface area contributed by atoms with Gasteiger partial charge in [-0.25, -0.2) is 0 Å². The third-order valence-electron chi connectivity index (χ3n) is 2.59. The first-order valence-electron chi connectivity index (χ1n) is 6.28. The average Bonchev–Trinajstić information content (AvgIpc) is 2.49. The van der Waals surface area contributed by atoms with Crippen molar-refractivity contribution >= 4 is 5.57 Å². The Morgan fingerprint density at radius 2 is 1.50 bits per heavy atom. The minimum atomic E-state index is 0.956. The summed E-state index contributed by atoms with van der Waals surface area (Å²) in [4.78, 5) is 0. The van der Waals surface area contributed by atoms with Crippen LogP contribution >= 0.6 is 0 Å². The van der Waals surface area contributed by atoms with E-state index in [1.54, 1.807) is 6.08 Å². The second-order valence-electron chi connectivity index (χ2n) is 3.68. The zero-order chi connectivity index (χ0) is 13.4. The quantitative estimate of drug-likeness (QED) is 0.610. The second kappa shape index (κ2) is 7.29. The van der Waals surface area contributed by atoms with Crippen LogP contribution in [0.5, 0.6) is 0 Å². The maximum absolute atomic E-state index is 3.96. The van der Waals surface area contributed by atoms with Crippen molar-refractivity contribution in [3.05, 3.63) is 79.4 Å². The van der Waals surface area contributed by atoms with Gasteiger partial charge in [0.15, 0.2) is 0 Å². The Bertz CT molecular complexity index is 507. The van der Waals surface area contributed by atoms with Gasteiger partial charge in [0, 0.05) is 0 Å². The van der Waals surface area contributed by atoms with Gasteiger partial charge < -0.3 is 0 Å². The summed E-state index contributed by atoms with van der Waals surface area (Å²) in [5, 5.41) is 0. The van der Waals surface area contributed by atoms with Crippen molar-refractivity contribution in [2.75, 3.05) is 0 Å². The number of hydrogen-bond donors (Lipinski definition) is 0. The molecule has 18 heavy (non-hydrogen) atoms. The summed E-state index contributed by atoms with van der Waals surface area (Å²) < 4.78 is 0. The van der Waals surface area contributed by atoms with Crippen molar-refractivity contribution in [3.8, 4) is 11.1 Å². The van der Waals surface area contributed by atoms with Crippen LogP contribution in [-0.2, 0) is 0 Å². The summed E-state index contributed by atoms with van der Waals surface area (Å²) in [6.45, 7) is 11.7. The normalized spacial score (nSPS) is 9.00. The predicted molar refractivity (Wildman–Crippen MR) is 82.5 cm³/mol. The Morgan fingerprint density at radius 3 is 2.11 bits per heavy atom. The lowest BCUT2D eigenvalue weighted by molar-refractivity contribution is 1.50. The maximum Gasteiger partial charge on any atom is -0.0178 e. The van der Waals surface area contributed by atoms with E-state index < -0.39 is 0 Å². The van der Waals surface area contributed by atoms with Crippen LogP contribution in [0.25, 0.3) is 16.7 Å². The van der Waals surface area contributed by atoms with Crippen LogP contribution in [0.2, 0.25) is 0 Å². The third kappa shape index (κ3) is 3.46. The summed E-state index contributed by atoms with van der Waals surface area (Å²) in [5.74, 6) is 0. The summed E-state index contributed by atoms with van der Waals surface area (Å²) in [6.07, 6.45) is 1.78. The highest BCUT2D eigenvalue weighted by atomic mass is 14.0. The molecule has 0 aliphatic carbocycles. The Balaban J connectivity index is 0.000000771. The monoisotopic (exact) mass is 236 g/mol. The topological polar surface area (TPSA) is 0 Å². The number of rotatable bonds is 3. The molecule has 0 amide bonds. The van der Waals surface area contributed by atoms with Gasteiger partial charge in [-0.1, -0.05) is 81.6 Å². The fraction of sp³-hybridized carbons (Fsp3) is 0.111. The molecule has 0 nitrogen and oxygen atoms in total. The minimum absolute atomic E-state index is 0.956. The number of hydrogen-bond acceptors (Lipinski definition) is 0. The van der Waals surface area contributed by atoms with Crippen LogP contribution in [0.15, 0.2) is 73.8 Å². The van der Waals surface area contributed by atoms with Crippen molar-refractivity contribution < 1.29 is 0 Å². The van der Waals surface area contributed by atoms with Gasteiger partial charge in [-0.15, -0.1) is 0 Å². The highest BCUT2D eigenvalue weighted by Crippen LogP contribution is 2.23. The fourth-order valence-corrected chi connectivity index (χ4v) is 1.65. The van der Waals surface area contributed by atoms with E-state index >= 15 is 0 Å². The zero-order valence-electron chi connectivity index (χ0n) is 11.2. The van der Waals surface area contributed by atoms with Crippen molar-refractivity contribution in [1.82, 2.24) is 0 Å². The van der Waals surface area contributed by atoms with Gasteiger partial charge in [0.1, 0.15) is 0 Å². The minimum Gasteiger partial charge on any atom is -0.0985 e. The van der Waals surface area contributed by atoms with E-state index in [0.29, 0.717) is 0 Å². The largest absolute Gasteiger partial charge is 0.0985 e. The molecule has 0 saturated carbocycles. The van der Waals surface area contributed by atoms with Crippen molar-refractivity contribution in [1.29, 1.82) is 0 Å². The molecule has 0 heterocycles. The Labute approximate surface area is 110 Å². The maximum atomic E-state index is 3.96. The van der Waals surface area contributed by atoms with Gasteiger partial charge in [0.2, 0.25) is 0 Å². The van der Waals surface area contributed by atoms with Crippen molar-refractivity contribution in [2.24, 2.45) is 0 Å². The number of allylic oxidation sites excluding steroid dienone is 2. The molecule has 92 valence electrons. The fourth-order valence-electron chi connectivity index (χ4n) is 1.65. The molecular weight excluding hydrogens is 216 g/mol. The molecule has 0 atom stereocenters. The lowest BCUT2D eigenvalue weighted by Crippen LogP contribution is -1.81. The molecule has 0 fully saturated rings. The third-order valence-corrected chi connectivity index (χ3v) is 2.59. The van der Waals surface area contributed by atoms with E-state index in [1.807, 2.05) is 38.1 Å². The van der Waals surface area contributed by atoms with E-state index in [-0.39, 0.29) is 0 Å². The lowest BCUT2D eigenvalue weighted by atomic mass is 10.00. The lowest BCUT2D eigenvalue weighted by Gasteiger charge is -2.05. The van der Waals surface area contributed by atoms with E-state index in [1.165, 1.54) is 11.1 Å². The highest BCUT2D eigenvalue weighted by molar-refractivity contribution is 5.75. The van der Waals surface area contributed by atoms with Gasteiger partial charge in [0.25, 0.3) is 0 Å². The van der Waals surface area contributed by atoms with Gasteiger partial charge in [-0.2, -0.15) is 0 Å². The summed E-state index contributed by atoms with van der Waals surface area (Å²) in [6, 6.07) is 18.7. The first-order valence-corrected chi connectivity index (χ1v) is 6.28. The van der Waals surface area contributed by atoms with E-state index in [0.717, 1.165) is 11.1 Å². The van der Waals surface area contributed by atoms with Gasteiger partial charge >= 0.3 is 0 Å². The van der Waals surface area contributed by atoms with Crippen LogP contribution in [0.4, 0.5) is 0 Å².